The number of carbonyl (C=O) groups excluding carboxylic acids is 2. The van der Waals surface area contributed by atoms with Crippen molar-refractivity contribution >= 4 is 17.9 Å². The molecule has 7 nitrogen and oxygen atoms in total. The molecule has 0 radical (unpaired) electrons. The molecule has 0 aliphatic carbocycles. The number of aliphatic carboxylic acids is 1. The minimum atomic E-state index is -0.966. The molecule has 0 heterocycles. The van der Waals surface area contributed by atoms with Crippen molar-refractivity contribution < 1.29 is 19.5 Å². The number of amides is 3. The molecule has 1 unspecified atom stereocenters. The Hall–Kier alpha value is -1.79. The molecule has 7 heteroatoms. The second kappa shape index (κ2) is 8.34. The number of nitrogens with one attached hydrogen (secondary N) is 1. The van der Waals surface area contributed by atoms with Crippen molar-refractivity contribution in [2.24, 2.45) is 0 Å². The zero-order valence-electron chi connectivity index (χ0n) is 12.0. The van der Waals surface area contributed by atoms with Crippen molar-refractivity contribution in [3.63, 3.8) is 0 Å². The molecule has 0 aromatic rings. The lowest BCUT2D eigenvalue weighted by Crippen LogP contribution is -2.50. The Labute approximate surface area is 113 Å². The van der Waals surface area contributed by atoms with Crippen molar-refractivity contribution in [1.29, 1.82) is 0 Å². The van der Waals surface area contributed by atoms with Gasteiger partial charge in [0, 0.05) is 26.7 Å². The van der Waals surface area contributed by atoms with E-state index in [0.29, 0.717) is 13.1 Å². The Morgan fingerprint density at radius 3 is 2.16 bits per heavy atom. The largest absolute Gasteiger partial charge is 0.481 e. The molecular weight excluding hydrogens is 250 g/mol. The van der Waals surface area contributed by atoms with Crippen LogP contribution in [0.25, 0.3) is 0 Å². The van der Waals surface area contributed by atoms with Crippen molar-refractivity contribution in [3.05, 3.63) is 0 Å². The summed E-state index contributed by atoms with van der Waals surface area (Å²) in [5.41, 5.74) is 0. The standard InChI is InChI=1S/C12H23N3O4/c1-5-15(6-2)11(18)9(3)13-12(19)14(4)8-7-10(16)17/h9H,5-8H2,1-4H3,(H,13,19)(H,16,17). The van der Waals surface area contributed by atoms with Crippen LogP contribution >= 0.6 is 0 Å². The predicted molar refractivity (Wildman–Crippen MR) is 70.8 cm³/mol. The van der Waals surface area contributed by atoms with Crippen molar-refractivity contribution in [1.82, 2.24) is 15.1 Å². The number of likely N-dealkylation sites (N-methyl/N-ethyl adjacent to an activating group) is 1. The fraction of sp³-hybridized carbons (Fsp3) is 0.750. The van der Waals surface area contributed by atoms with Crippen LogP contribution in [0.1, 0.15) is 27.2 Å². The van der Waals surface area contributed by atoms with Gasteiger partial charge < -0.3 is 20.2 Å². The molecule has 110 valence electrons. The van der Waals surface area contributed by atoms with Gasteiger partial charge in [0.1, 0.15) is 6.04 Å². The van der Waals surface area contributed by atoms with E-state index in [0.717, 1.165) is 0 Å². The summed E-state index contributed by atoms with van der Waals surface area (Å²) in [7, 11) is 1.49. The van der Waals surface area contributed by atoms with Gasteiger partial charge in [-0.1, -0.05) is 0 Å². The lowest BCUT2D eigenvalue weighted by Gasteiger charge is -2.25. The SMILES string of the molecule is CCN(CC)C(=O)C(C)NC(=O)N(C)CCC(=O)O. The molecule has 19 heavy (non-hydrogen) atoms. The van der Waals surface area contributed by atoms with Gasteiger partial charge in [-0.15, -0.1) is 0 Å². The molecule has 0 rings (SSSR count). The van der Waals surface area contributed by atoms with Gasteiger partial charge in [0.2, 0.25) is 5.91 Å². The first-order chi connectivity index (χ1) is 8.83. The van der Waals surface area contributed by atoms with Crippen LogP contribution < -0.4 is 5.32 Å². The molecular formula is C12H23N3O4. The zero-order valence-corrected chi connectivity index (χ0v) is 12.0. The number of rotatable bonds is 7. The maximum absolute atomic E-state index is 11.9. The Bertz CT molecular complexity index is 329. The summed E-state index contributed by atoms with van der Waals surface area (Å²) >= 11 is 0. The fourth-order valence-electron chi connectivity index (χ4n) is 1.53. The highest BCUT2D eigenvalue weighted by Gasteiger charge is 2.21. The second-order valence-electron chi connectivity index (χ2n) is 4.25. The maximum atomic E-state index is 11.9. The van der Waals surface area contributed by atoms with Gasteiger partial charge in [-0.05, 0) is 20.8 Å². The molecule has 0 fully saturated rings. The van der Waals surface area contributed by atoms with Gasteiger partial charge in [0.25, 0.3) is 0 Å². The molecule has 0 aliphatic rings. The van der Waals surface area contributed by atoms with Gasteiger partial charge in [0.05, 0.1) is 6.42 Å². The number of urea groups is 1. The Morgan fingerprint density at radius 2 is 1.74 bits per heavy atom. The summed E-state index contributed by atoms with van der Waals surface area (Å²) < 4.78 is 0. The predicted octanol–water partition coefficient (Wildman–Crippen LogP) is 0.359. The number of nitrogens with zero attached hydrogens (tertiary/aromatic N) is 2. The van der Waals surface area contributed by atoms with Crippen molar-refractivity contribution in [2.75, 3.05) is 26.7 Å². The smallest absolute Gasteiger partial charge is 0.317 e. The third kappa shape index (κ3) is 6.08. The number of carboxylic acid groups (broad SMARTS) is 1. The molecule has 0 aliphatic heterocycles. The van der Waals surface area contributed by atoms with Crippen LogP contribution in [0.5, 0.6) is 0 Å². The average molecular weight is 273 g/mol. The van der Waals surface area contributed by atoms with E-state index in [2.05, 4.69) is 5.32 Å². The Morgan fingerprint density at radius 1 is 1.21 bits per heavy atom. The third-order valence-electron chi connectivity index (χ3n) is 2.79. The fourth-order valence-corrected chi connectivity index (χ4v) is 1.53. The first kappa shape index (κ1) is 17.2. The van der Waals surface area contributed by atoms with E-state index in [9.17, 15) is 14.4 Å². The van der Waals surface area contributed by atoms with E-state index >= 15 is 0 Å². The molecule has 1 atom stereocenters. The van der Waals surface area contributed by atoms with Crippen LogP contribution in [0, 0.1) is 0 Å². The second-order valence-corrected chi connectivity index (χ2v) is 4.25. The zero-order chi connectivity index (χ0) is 15.0. The maximum Gasteiger partial charge on any atom is 0.317 e. The van der Waals surface area contributed by atoms with Crippen LogP contribution in [0.2, 0.25) is 0 Å². The molecule has 0 saturated carbocycles. The Balaban J connectivity index is 4.31. The topological polar surface area (TPSA) is 90.0 Å². The molecule has 0 bridgehead atoms. The van der Waals surface area contributed by atoms with E-state index in [1.54, 1.807) is 11.8 Å². The first-order valence-electron chi connectivity index (χ1n) is 6.35. The van der Waals surface area contributed by atoms with E-state index < -0.39 is 18.0 Å². The van der Waals surface area contributed by atoms with Crippen LogP contribution in [0.3, 0.4) is 0 Å². The van der Waals surface area contributed by atoms with Gasteiger partial charge in [-0.2, -0.15) is 0 Å². The van der Waals surface area contributed by atoms with Gasteiger partial charge in [0.15, 0.2) is 0 Å². The highest BCUT2D eigenvalue weighted by Crippen LogP contribution is 1.97. The molecule has 0 saturated heterocycles. The van der Waals surface area contributed by atoms with Crippen LogP contribution in [0.15, 0.2) is 0 Å². The minimum absolute atomic E-state index is 0.105. The number of carboxylic acids is 1. The van der Waals surface area contributed by atoms with Crippen LogP contribution in [-0.4, -0.2) is 65.5 Å². The summed E-state index contributed by atoms with van der Waals surface area (Å²) in [5.74, 6) is -1.11. The van der Waals surface area contributed by atoms with Crippen LogP contribution in [0.4, 0.5) is 4.79 Å². The molecule has 2 N–H and O–H groups in total. The average Bonchev–Trinajstić information content (AvgIpc) is 2.36. The molecule has 0 spiro atoms. The summed E-state index contributed by atoms with van der Waals surface area (Å²) in [4.78, 5) is 36.9. The highest BCUT2D eigenvalue weighted by molar-refractivity contribution is 5.86. The number of hydrogen-bond donors (Lipinski definition) is 2. The van der Waals surface area contributed by atoms with Gasteiger partial charge in [-0.25, -0.2) is 4.79 Å². The monoisotopic (exact) mass is 273 g/mol. The number of hydrogen-bond acceptors (Lipinski definition) is 3. The van der Waals surface area contributed by atoms with Crippen molar-refractivity contribution in [2.45, 2.75) is 33.2 Å². The summed E-state index contributed by atoms with van der Waals surface area (Å²) in [5, 5.41) is 11.1. The van der Waals surface area contributed by atoms with E-state index in [1.165, 1.54) is 11.9 Å². The van der Waals surface area contributed by atoms with E-state index in [-0.39, 0.29) is 18.9 Å². The third-order valence-corrected chi connectivity index (χ3v) is 2.79. The molecule has 0 aromatic carbocycles. The normalized spacial score (nSPS) is 11.6. The molecule has 3 amide bonds. The van der Waals surface area contributed by atoms with E-state index in [1.807, 2.05) is 13.8 Å². The summed E-state index contributed by atoms with van der Waals surface area (Å²) in [6.45, 7) is 6.63. The lowest BCUT2D eigenvalue weighted by atomic mass is 10.3. The number of carbonyl (C=O) groups is 3. The molecule has 0 aromatic heterocycles. The summed E-state index contributed by atoms with van der Waals surface area (Å²) in [6.07, 6.45) is -0.123. The van der Waals surface area contributed by atoms with E-state index in [4.69, 9.17) is 5.11 Å². The summed E-state index contributed by atoms with van der Waals surface area (Å²) in [6, 6.07) is -1.08. The Kier molecular flexibility index (Phi) is 7.55. The lowest BCUT2D eigenvalue weighted by molar-refractivity contribution is -0.137. The van der Waals surface area contributed by atoms with Gasteiger partial charge in [-0.3, -0.25) is 9.59 Å². The van der Waals surface area contributed by atoms with Gasteiger partial charge >= 0.3 is 12.0 Å². The van der Waals surface area contributed by atoms with Crippen LogP contribution in [-0.2, 0) is 9.59 Å². The first-order valence-corrected chi connectivity index (χ1v) is 6.35. The quantitative estimate of drug-likeness (QED) is 0.700. The van der Waals surface area contributed by atoms with Crippen molar-refractivity contribution in [3.8, 4) is 0 Å². The highest BCUT2D eigenvalue weighted by atomic mass is 16.4. The minimum Gasteiger partial charge on any atom is -0.481 e.